The van der Waals surface area contributed by atoms with Gasteiger partial charge in [-0.2, -0.15) is 0 Å². The summed E-state index contributed by atoms with van der Waals surface area (Å²) in [6.07, 6.45) is -0.138. The summed E-state index contributed by atoms with van der Waals surface area (Å²) in [7, 11) is 0. The Balaban J connectivity index is 2.93. The Morgan fingerprint density at radius 2 is 2.15 bits per heavy atom. The SMILES string of the molecule is Cc1c(I)cccc1C(O)CCO. The molecule has 0 fully saturated rings. The predicted octanol–water partition coefficient (Wildman–Crippen LogP) is 2.02. The van der Waals surface area contributed by atoms with E-state index in [1.807, 2.05) is 25.1 Å². The van der Waals surface area contributed by atoms with E-state index in [1.165, 1.54) is 0 Å². The Hall–Kier alpha value is -0.130. The van der Waals surface area contributed by atoms with Gasteiger partial charge < -0.3 is 10.2 Å². The number of rotatable bonds is 3. The second-order valence-electron chi connectivity index (χ2n) is 2.98. The lowest BCUT2D eigenvalue weighted by atomic mass is 10.0. The maximum atomic E-state index is 9.66. The first kappa shape index (κ1) is 10.9. The molecule has 0 heterocycles. The van der Waals surface area contributed by atoms with E-state index in [0.717, 1.165) is 14.7 Å². The molecule has 0 amide bonds. The van der Waals surface area contributed by atoms with Crippen molar-refractivity contribution in [1.29, 1.82) is 0 Å². The summed E-state index contributed by atoms with van der Waals surface area (Å²) < 4.78 is 1.15. The van der Waals surface area contributed by atoms with Gasteiger partial charge in [0, 0.05) is 16.6 Å². The lowest BCUT2D eigenvalue weighted by Gasteiger charge is -2.13. The van der Waals surface area contributed by atoms with Crippen molar-refractivity contribution in [3.8, 4) is 0 Å². The van der Waals surface area contributed by atoms with Gasteiger partial charge in [-0.05, 0) is 46.7 Å². The minimum atomic E-state index is -0.542. The van der Waals surface area contributed by atoms with Crippen LogP contribution in [0.15, 0.2) is 18.2 Å². The van der Waals surface area contributed by atoms with E-state index in [0.29, 0.717) is 6.42 Å². The molecule has 1 rings (SSSR count). The van der Waals surface area contributed by atoms with Crippen molar-refractivity contribution in [3.05, 3.63) is 32.9 Å². The fraction of sp³-hybridized carbons (Fsp3) is 0.400. The molecule has 3 heteroatoms. The Kier molecular flexibility index (Phi) is 4.15. The second kappa shape index (κ2) is 4.93. The fourth-order valence-electron chi connectivity index (χ4n) is 1.26. The Bertz CT molecular complexity index is 286. The van der Waals surface area contributed by atoms with Crippen molar-refractivity contribution in [3.63, 3.8) is 0 Å². The molecule has 0 aliphatic rings. The summed E-state index contributed by atoms with van der Waals surface area (Å²) in [4.78, 5) is 0. The van der Waals surface area contributed by atoms with E-state index in [2.05, 4.69) is 22.6 Å². The van der Waals surface area contributed by atoms with Crippen molar-refractivity contribution in [1.82, 2.24) is 0 Å². The summed E-state index contributed by atoms with van der Waals surface area (Å²) in [5.41, 5.74) is 2.02. The molecular weight excluding hydrogens is 279 g/mol. The van der Waals surface area contributed by atoms with Crippen molar-refractivity contribution in [2.45, 2.75) is 19.4 Å². The zero-order valence-electron chi connectivity index (χ0n) is 7.50. The summed E-state index contributed by atoms with van der Waals surface area (Å²) in [6.45, 7) is 2.00. The molecule has 2 nitrogen and oxygen atoms in total. The van der Waals surface area contributed by atoms with Gasteiger partial charge >= 0.3 is 0 Å². The molecule has 0 spiro atoms. The van der Waals surface area contributed by atoms with E-state index in [4.69, 9.17) is 5.11 Å². The quantitative estimate of drug-likeness (QED) is 0.837. The van der Waals surface area contributed by atoms with Crippen LogP contribution in [0.2, 0.25) is 0 Å². The Labute approximate surface area is 91.7 Å². The van der Waals surface area contributed by atoms with Crippen LogP contribution in [0.3, 0.4) is 0 Å². The van der Waals surface area contributed by atoms with Gasteiger partial charge in [0.2, 0.25) is 0 Å². The molecule has 1 atom stereocenters. The Morgan fingerprint density at radius 3 is 2.77 bits per heavy atom. The minimum Gasteiger partial charge on any atom is -0.396 e. The summed E-state index contributed by atoms with van der Waals surface area (Å²) in [6, 6.07) is 5.83. The maximum absolute atomic E-state index is 9.66. The van der Waals surface area contributed by atoms with E-state index in [1.54, 1.807) is 0 Å². The molecule has 0 aliphatic carbocycles. The van der Waals surface area contributed by atoms with E-state index in [9.17, 15) is 5.11 Å². The number of aliphatic hydroxyl groups is 2. The molecule has 0 aromatic heterocycles. The van der Waals surface area contributed by atoms with E-state index >= 15 is 0 Å². The highest BCUT2D eigenvalue weighted by molar-refractivity contribution is 14.1. The second-order valence-corrected chi connectivity index (χ2v) is 4.14. The maximum Gasteiger partial charge on any atom is 0.0814 e. The van der Waals surface area contributed by atoms with Gasteiger partial charge in [0.25, 0.3) is 0 Å². The molecule has 1 unspecified atom stereocenters. The summed E-state index contributed by atoms with van der Waals surface area (Å²) in [5.74, 6) is 0. The standard InChI is InChI=1S/C10H13IO2/c1-7-8(10(13)5-6-12)3-2-4-9(7)11/h2-4,10,12-13H,5-6H2,1H3. The zero-order valence-corrected chi connectivity index (χ0v) is 9.65. The van der Waals surface area contributed by atoms with Gasteiger partial charge in [-0.1, -0.05) is 12.1 Å². The highest BCUT2D eigenvalue weighted by atomic mass is 127. The van der Waals surface area contributed by atoms with Crippen molar-refractivity contribution >= 4 is 22.6 Å². The van der Waals surface area contributed by atoms with Crippen LogP contribution in [0.1, 0.15) is 23.7 Å². The van der Waals surface area contributed by atoms with Crippen molar-refractivity contribution in [2.75, 3.05) is 6.61 Å². The summed E-state index contributed by atoms with van der Waals surface area (Å²) in [5, 5.41) is 18.4. The van der Waals surface area contributed by atoms with Gasteiger partial charge in [0.1, 0.15) is 0 Å². The van der Waals surface area contributed by atoms with Crippen LogP contribution in [-0.4, -0.2) is 16.8 Å². The highest BCUT2D eigenvalue weighted by Crippen LogP contribution is 2.23. The smallest absolute Gasteiger partial charge is 0.0814 e. The van der Waals surface area contributed by atoms with E-state index < -0.39 is 6.10 Å². The molecule has 1 aromatic carbocycles. The van der Waals surface area contributed by atoms with E-state index in [-0.39, 0.29) is 6.61 Å². The van der Waals surface area contributed by atoms with Crippen molar-refractivity contribution < 1.29 is 10.2 Å². The average molecular weight is 292 g/mol. The average Bonchev–Trinajstić information content (AvgIpc) is 2.10. The van der Waals surface area contributed by atoms with Gasteiger partial charge in [-0.25, -0.2) is 0 Å². The first-order valence-corrected chi connectivity index (χ1v) is 5.28. The van der Waals surface area contributed by atoms with Gasteiger partial charge in [0.15, 0.2) is 0 Å². The van der Waals surface area contributed by atoms with Crippen LogP contribution >= 0.6 is 22.6 Å². The number of benzene rings is 1. The molecule has 2 N–H and O–H groups in total. The molecule has 0 saturated carbocycles. The van der Waals surface area contributed by atoms with Crippen LogP contribution in [0.5, 0.6) is 0 Å². The third kappa shape index (κ3) is 2.65. The normalized spacial score (nSPS) is 12.9. The molecular formula is C10H13IO2. The first-order valence-electron chi connectivity index (χ1n) is 4.20. The molecule has 1 aromatic rings. The molecule has 0 aliphatic heterocycles. The number of aliphatic hydroxyl groups excluding tert-OH is 2. The molecule has 72 valence electrons. The summed E-state index contributed by atoms with van der Waals surface area (Å²) >= 11 is 2.24. The zero-order chi connectivity index (χ0) is 9.84. The van der Waals surface area contributed by atoms with Gasteiger partial charge in [-0.15, -0.1) is 0 Å². The molecule has 13 heavy (non-hydrogen) atoms. The topological polar surface area (TPSA) is 40.5 Å². The van der Waals surface area contributed by atoms with Crippen LogP contribution in [0.4, 0.5) is 0 Å². The van der Waals surface area contributed by atoms with Crippen LogP contribution in [-0.2, 0) is 0 Å². The van der Waals surface area contributed by atoms with Crippen molar-refractivity contribution in [2.24, 2.45) is 0 Å². The van der Waals surface area contributed by atoms with Crippen LogP contribution in [0, 0.1) is 10.5 Å². The fourth-order valence-corrected chi connectivity index (χ4v) is 1.78. The van der Waals surface area contributed by atoms with Gasteiger partial charge in [-0.3, -0.25) is 0 Å². The Morgan fingerprint density at radius 1 is 1.46 bits per heavy atom. The lowest BCUT2D eigenvalue weighted by molar-refractivity contribution is 0.134. The predicted molar refractivity (Wildman–Crippen MR) is 60.6 cm³/mol. The minimum absolute atomic E-state index is 0.0199. The van der Waals surface area contributed by atoms with Crippen LogP contribution < -0.4 is 0 Å². The third-order valence-electron chi connectivity index (χ3n) is 2.07. The molecule has 0 saturated heterocycles. The number of halogens is 1. The molecule has 0 bridgehead atoms. The first-order chi connectivity index (χ1) is 6.16. The molecule has 0 radical (unpaired) electrons. The van der Waals surface area contributed by atoms with Crippen LogP contribution in [0.25, 0.3) is 0 Å². The number of hydrogen-bond donors (Lipinski definition) is 2. The number of hydrogen-bond acceptors (Lipinski definition) is 2. The monoisotopic (exact) mass is 292 g/mol. The van der Waals surface area contributed by atoms with Gasteiger partial charge in [0.05, 0.1) is 6.10 Å². The lowest BCUT2D eigenvalue weighted by Crippen LogP contribution is -2.03. The highest BCUT2D eigenvalue weighted by Gasteiger charge is 2.10. The largest absolute Gasteiger partial charge is 0.396 e. The third-order valence-corrected chi connectivity index (χ3v) is 3.24.